The Morgan fingerprint density at radius 3 is 1.65 bits per heavy atom. The molecule has 0 aromatic heterocycles. The van der Waals surface area contributed by atoms with Crippen molar-refractivity contribution in [2.24, 2.45) is 16.7 Å². The second-order valence-corrected chi connectivity index (χ2v) is 10.3. The molecule has 6 atom stereocenters. The lowest BCUT2D eigenvalue weighted by Gasteiger charge is -2.50. The Morgan fingerprint density at radius 2 is 1.35 bits per heavy atom. The molecular weight excluding hydrogens is 475 g/mol. The molecular formula is C10H8Cl10. The maximum Gasteiger partial charge on any atom is 0.145 e. The van der Waals surface area contributed by atoms with Gasteiger partial charge in [-0.3, -0.25) is 0 Å². The average molecular weight is 483 g/mol. The minimum atomic E-state index is -1.57. The van der Waals surface area contributed by atoms with E-state index in [2.05, 4.69) is 0 Å². The van der Waals surface area contributed by atoms with E-state index in [1.807, 2.05) is 0 Å². The van der Waals surface area contributed by atoms with Crippen LogP contribution in [-0.4, -0.2) is 36.0 Å². The number of halogens is 10. The van der Waals surface area contributed by atoms with Crippen LogP contribution in [-0.2, 0) is 0 Å². The third-order valence-corrected chi connectivity index (χ3v) is 9.69. The summed E-state index contributed by atoms with van der Waals surface area (Å²) in [5.74, 6) is -0.553. The van der Waals surface area contributed by atoms with Gasteiger partial charge in [-0.15, -0.1) is 92.8 Å². The van der Waals surface area contributed by atoms with Crippen molar-refractivity contribution in [3.05, 3.63) is 0 Å². The maximum absolute atomic E-state index is 6.48. The zero-order chi connectivity index (χ0) is 15.7. The fourth-order valence-electron chi connectivity index (χ4n) is 3.67. The predicted octanol–water partition coefficient (Wildman–Crippen LogP) is 6.44. The molecule has 0 radical (unpaired) electrons. The van der Waals surface area contributed by atoms with Crippen LogP contribution in [0.25, 0.3) is 0 Å². The zero-order valence-electron chi connectivity index (χ0n) is 9.45. The average Bonchev–Trinajstić information content (AvgIpc) is 2.64. The van der Waals surface area contributed by atoms with Crippen LogP contribution in [0.15, 0.2) is 0 Å². The lowest BCUT2D eigenvalue weighted by molar-refractivity contribution is 0.137. The van der Waals surface area contributed by atoms with Gasteiger partial charge in [0, 0.05) is 17.2 Å². The fraction of sp³-hybridized carbons (Fsp3) is 1.00. The SMILES string of the molecule is ClCC1(C(Cl)Cl)C2[C@H](Cl)[C@@H](Cl)C1(C(Cl)Cl)C(Cl)(Cl)[C@H]2Cl. The summed E-state index contributed by atoms with van der Waals surface area (Å²) in [5, 5.41) is -2.18. The largest absolute Gasteiger partial charge is 0.145 e. The zero-order valence-corrected chi connectivity index (χ0v) is 17.0. The van der Waals surface area contributed by atoms with Crippen molar-refractivity contribution in [2.75, 3.05) is 5.88 Å². The van der Waals surface area contributed by atoms with E-state index in [1.165, 1.54) is 0 Å². The molecule has 118 valence electrons. The topological polar surface area (TPSA) is 0 Å². The molecule has 2 rings (SSSR count). The standard InChI is InChI=1S/C10H8Cl10/c11-1-8(6(15)16)2-3(12)5(14)9(8,7(17)18)10(19,20)4(2)13/h2-7H,1H2/t2?,3-,4-,5+,8?,9?/m0/s1. The number of rotatable bonds is 3. The molecule has 2 aliphatic carbocycles. The van der Waals surface area contributed by atoms with Crippen molar-refractivity contribution in [3.8, 4) is 0 Å². The molecule has 0 aliphatic heterocycles. The highest BCUT2D eigenvalue weighted by molar-refractivity contribution is 6.57. The second kappa shape index (κ2) is 6.01. The van der Waals surface area contributed by atoms with Crippen LogP contribution in [0.2, 0.25) is 0 Å². The van der Waals surface area contributed by atoms with Crippen LogP contribution < -0.4 is 0 Å². The Balaban J connectivity index is 2.81. The minimum Gasteiger partial charge on any atom is -0.126 e. The molecule has 0 nitrogen and oxygen atoms in total. The van der Waals surface area contributed by atoms with Gasteiger partial charge < -0.3 is 0 Å². The van der Waals surface area contributed by atoms with E-state index < -0.39 is 46.9 Å². The first-order valence-corrected chi connectivity index (χ1v) is 9.82. The predicted molar refractivity (Wildman–Crippen MR) is 93.4 cm³/mol. The first kappa shape index (κ1) is 19.2. The van der Waals surface area contributed by atoms with Crippen molar-refractivity contribution in [1.29, 1.82) is 0 Å². The van der Waals surface area contributed by atoms with Gasteiger partial charge in [-0.05, 0) is 0 Å². The van der Waals surface area contributed by atoms with E-state index >= 15 is 0 Å². The van der Waals surface area contributed by atoms with Gasteiger partial charge in [0.15, 0.2) is 0 Å². The van der Waals surface area contributed by atoms with Crippen molar-refractivity contribution in [1.82, 2.24) is 0 Å². The van der Waals surface area contributed by atoms with Gasteiger partial charge in [0.25, 0.3) is 0 Å². The monoisotopic (exact) mass is 478 g/mol. The summed E-state index contributed by atoms with van der Waals surface area (Å²) in [6.45, 7) is 0. The van der Waals surface area contributed by atoms with E-state index in [9.17, 15) is 0 Å². The molecule has 20 heavy (non-hydrogen) atoms. The first-order chi connectivity index (χ1) is 9.05. The van der Waals surface area contributed by atoms with Gasteiger partial charge in [0.2, 0.25) is 0 Å². The second-order valence-electron chi connectivity index (χ2n) is 5.04. The van der Waals surface area contributed by atoms with E-state index in [4.69, 9.17) is 116 Å². The van der Waals surface area contributed by atoms with Gasteiger partial charge in [-0.1, -0.05) is 23.2 Å². The lowest BCUT2D eigenvalue weighted by Crippen LogP contribution is -2.59. The molecule has 0 N–H and O–H groups in total. The highest BCUT2D eigenvalue weighted by atomic mass is 35.5. The molecule has 2 aliphatic rings. The van der Waals surface area contributed by atoms with E-state index in [0.717, 1.165) is 0 Å². The molecule has 2 fully saturated rings. The minimum absolute atomic E-state index is 0.0257. The lowest BCUT2D eigenvalue weighted by atomic mass is 9.69. The van der Waals surface area contributed by atoms with Gasteiger partial charge in [0.1, 0.15) is 14.0 Å². The first-order valence-electron chi connectivity index (χ1n) is 5.47. The number of hydrogen-bond acceptors (Lipinski definition) is 0. The third kappa shape index (κ3) is 1.91. The molecule has 0 saturated heterocycles. The maximum atomic E-state index is 6.48. The van der Waals surface area contributed by atoms with Gasteiger partial charge in [0.05, 0.1) is 21.5 Å². The number of hydrogen-bond donors (Lipinski definition) is 0. The molecule has 0 aromatic carbocycles. The van der Waals surface area contributed by atoms with Gasteiger partial charge in [-0.25, -0.2) is 0 Å². The van der Waals surface area contributed by atoms with Crippen LogP contribution in [0.1, 0.15) is 0 Å². The molecule has 0 aromatic rings. The molecule has 0 heterocycles. The molecule has 2 bridgehead atoms. The summed E-state index contributed by atoms with van der Waals surface area (Å²) in [6.07, 6.45) is 0. The summed E-state index contributed by atoms with van der Waals surface area (Å²) in [6, 6.07) is 0. The Kier molecular flexibility index (Phi) is 5.78. The molecule has 3 unspecified atom stereocenters. The molecule has 10 heteroatoms. The van der Waals surface area contributed by atoms with Crippen molar-refractivity contribution in [3.63, 3.8) is 0 Å². The van der Waals surface area contributed by atoms with Crippen LogP contribution in [0.3, 0.4) is 0 Å². The Bertz CT molecular complexity index is 397. The Labute approximate surface area is 167 Å². The molecule has 2 saturated carbocycles. The molecule has 0 spiro atoms. The smallest absolute Gasteiger partial charge is 0.126 e. The Hall–Kier alpha value is 2.90. The van der Waals surface area contributed by atoms with Crippen molar-refractivity contribution >= 4 is 116 Å². The molecule has 0 amide bonds. The summed E-state index contributed by atoms with van der Waals surface area (Å²) in [7, 11) is 0. The quantitative estimate of drug-likeness (QED) is 0.406. The summed E-state index contributed by atoms with van der Waals surface area (Å²) >= 11 is 63.2. The van der Waals surface area contributed by atoms with E-state index in [-0.39, 0.29) is 5.88 Å². The number of fused-ring (bicyclic) bond motifs is 2. The highest BCUT2D eigenvalue weighted by Gasteiger charge is 2.87. The van der Waals surface area contributed by atoms with Crippen LogP contribution in [0.4, 0.5) is 0 Å². The van der Waals surface area contributed by atoms with E-state index in [1.54, 1.807) is 0 Å². The number of alkyl halides is 10. The fourth-order valence-corrected chi connectivity index (χ4v) is 9.62. The van der Waals surface area contributed by atoms with Gasteiger partial charge in [-0.2, -0.15) is 0 Å². The third-order valence-electron chi connectivity index (χ3n) is 4.59. The summed E-state index contributed by atoms with van der Waals surface area (Å²) < 4.78 is -1.57. The highest BCUT2D eigenvalue weighted by Crippen LogP contribution is 2.80. The summed E-state index contributed by atoms with van der Waals surface area (Å²) in [5.41, 5.74) is -2.44. The summed E-state index contributed by atoms with van der Waals surface area (Å²) in [4.78, 5) is -2.09. The van der Waals surface area contributed by atoms with Crippen molar-refractivity contribution < 1.29 is 0 Å². The van der Waals surface area contributed by atoms with Crippen LogP contribution >= 0.6 is 116 Å². The normalized spacial score (nSPS) is 50.4. The van der Waals surface area contributed by atoms with E-state index in [0.29, 0.717) is 0 Å². The Morgan fingerprint density at radius 1 is 0.850 bits per heavy atom. The van der Waals surface area contributed by atoms with Crippen LogP contribution in [0.5, 0.6) is 0 Å². The van der Waals surface area contributed by atoms with Gasteiger partial charge >= 0.3 is 0 Å². The van der Waals surface area contributed by atoms with Crippen LogP contribution in [0, 0.1) is 16.7 Å². The van der Waals surface area contributed by atoms with Crippen molar-refractivity contribution in [2.45, 2.75) is 30.1 Å².